The molecule has 0 aromatic heterocycles. The molecule has 0 bridgehead atoms. The number of epoxide rings is 3. The van der Waals surface area contributed by atoms with Crippen LogP contribution < -0.4 is 0 Å². The summed E-state index contributed by atoms with van der Waals surface area (Å²) < 4.78 is 20.8. The van der Waals surface area contributed by atoms with Crippen molar-refractivity contribution in [3.05, 3.63) is 0 Å². The van der Waals surface area contributed by atoms with E-state index in [1.54, 1.807) is 0 Å². The molecule has 3 rings (SSSR count). The minimum atomic E-state index is -0.475. The second kappa shape index (κ2) is 4.23. The molecule has 0 aromatic carbocycles. The molecule has 0 N–H and O–H groups in total. The van der Waals surface area contributed by atoms with E-state index in [0.717, 1.165) is 26.1 Å². The average Bonchev–Trinajstić information content (AvgIpc) is 3.11. The van der Waals surface area contributed by atoms with Crippen LogP contribution in [0.2, 0.25) is 0 Å². The third-order valence-corrected chi connectivity index (χ3v) is 3.46. The highest BCUT2D eigenvalue weighted by Gasteiger charge is 2.45. The van der Waals surface area contributed by atoms with Crippen molar-refractivity contribution < 1.29 is 23.7 Å². The molecule has 0 aromatic rings. The van der Waals surface area contributed by atoms with Gasteiger partial charge in [0.25, 0.3) is 0 Å². The molecule has 0 radical (unpaired) electrons. The highest BCUT2D eigenvalue weighted by atomic mass is 16.6. The molecule has 96 valence electrons. The molecule has 17 heavy (non-hydrogen) atoms. The Kier molecular flexibility index (Phi) is 2.84. The fourth-order valence-corrected chi connectivity index (χ4v) is 2.13. The quantitative estimate of drug-likeness (QED) is 0.481. The zero-order chi connectivity index (χ0) is 11.9. The fourth-order valence-electron chi connectivity index (χ4n) is 2.13. The Hall–Kier alpha value is -0.650. The first-order chi connectivity index (χ1) is 8.16. The Balaban J connectivity index is 1.55. The van der Waals surface area contributed by atoms with Crippen molar-refractivity contribution in [2.75, 3.05) is 26.4 Å². The van der Waals surface area contributed by atoms with Crippen LogP contribution in [-0.4, -0.2) is 50.7 Å². The number of carbonyl (C=O) groups excluding carboxylic acids is 1. The molecule has 3 atom stereocenters. The minimum Gasteiger partial charge on any atom is -0.462 e. The molecular weight excluding hydrogens is 224 g/mol. The number of rotatable bonds is 7. The standard InChI is InChI=1S/C12H18O5/c1-12(2-8-4-14-8,3-9-5-15-9)11(13)17-7-10-6-16-10/h8-10H,2-7H2,1H3. The minimum absolute atomic E-state index is 0.123. The summed E-state index contributed by atoms with van der Waals surface area (Å²) in [7, 11) is 0. The van der Waals surface area contributed by atoms with E-state index in [1.165, 1.54) is 0 Å². The first kappa shape index (κ1) is 11.4. The molecule has 3 aliphatic heterocycles. The summed E-state index contributed by atoms with van der Waals surface area (Å²) in [6.07, 6.45) is 2.04. The zero-order valence-electron chi connectivity index (χ0n) is 10.0. The molecule has 3 unspecified atom stereocenters. The Morgan fingerprint density at radius 2 is 1.59 bits per heavy atom. The number of esters is 1. The first-order valence-electron chi connectivity index (χ1n) is 6.18. The number of carbonyl (C=O) groups is 1. The van der Waals surface area contributed by atoms with Crippen LogP contribution in [0.25, 0.3) is 0 Å². The maximum atomic E-state index is 12.1. The summed E-state index contributed by atoms with van der Waals surface area (Å²) in [5.41, 5.74) is -0.475. The van der Waals surface area contributed by atoms with Gasteiger partial charge >= 0.3 is 5.97 Å². The van der Waals surface area contributed by atoms with Gasteiger partial charge in [-0.15, -0.1) is 0 Å². The second-order valence-electron chi connectivity index (χ2n) is 5.43. The Morgan fingerprint density at radius 3 is 2.00 bits per heavy atom. The molecule has 0 spiro atoms. The molecule has 0 amide bonds. The first-order valence-corrected chi connectivity index (χ1v) is 6.18. The Morgan fingerprint density at radius 1 is 1.12 bits per heavy atom. The van der Waals surface area contributed by atoms with Crippen molar-refractivity contribution in [3.63, 3.8) is 0 Å². The van der Waals surface area contributed by atoms with Crippen molar-refractivity contribution in [3.8, 4) is 0 Å². The fraction of sp³-hybridized carbons (Fsp3) is 0.917. The Bertz CT molecular complexity index is 290. The van der Waals surface area contributed by atoms with Gasteiger partial charge in [-0.2, -0.15) is 0 Å². The van der Waals surface area contributed by atoms with Gasteiger partial charge in [0.15, 0.2) is 0 Å². The van der Waals surface area contributed by atoms with E-state index in [9.17, 15) is 4.79 Å². The van der Waals surface area contributed by atoms with E-state index in [0.29, 0.717) is 13.2 Å². The molecule has 3 heterocycles. The van der Waals surface area contributed by atoms with Gasteiger partial charge in [-0.05, 0) is 19.8 Å². The van der Waals surface area contributed by atoms with Gasteiger partial charge in [0.05, 0.1) is 37.4 Å². The van der Waals surface area contributed by atoms with Crippen LogP contribution in [0.1, 0.15) is 19.8 Å². The third-order valence-electron chi connectivity index (χ3n) is 3.46. The lowest BCUT2D eigenvalue weighted by Crippen LogP contribution is -2.34. The van der Waals surface area contributed by atoms with Crippen molar-refractivity contribution in [2.24, 2.45) is 5.41 Å². The molecule has 3 fully saturated rings. The van der Waals surface area contributed by atoms with Crippen molar-refractivity contribution >= 4 is 5.97 Å². The predicted octanol–water partition coefficient (Wildman–Crippen LogP) is 0.512. The number of hydrogen-bond acceptors (Lipinski definition) is 5. The lowest BCUT2D eigenvalue weighted by molar-refractivity contribution is -0.157. The maximum Gasteiger partial charge on any atom is 0.312 e. The highest BCUT2D eigenvalue weighted by Crippen LogP contribution is 2.38. The van der Waals surface area contributed by atoms with E-state index in [1.807, 2.05) is 6.92 Å². The van der Waals surface area contributed by atoms with Gasteiger partial charge in [-0.3, -0.25) is 4.79 Å². The normalized spacial score (nSPS) is 37.1. The van der Waals surface area contributed by atoms with Gasteiger partial charge < -0.3 is 18.9 Å². The molecule has 3 saturated heterocycles. The van der Waals surface area contributed by atoms with E-state index in [-0.39, 0.29) is 24.3 Å². The van der Waals surface area contributed by atoms with Crippen LogP contribution in [0.15, 0.2) is 0 Å². The van der Waals surface area contributed by atoms with Crippen LogP contribution in [-0.2, 0) is 23.7 Å². The summed E-state index contributed by atoms with van der Waals surface area (Å²) in [6, 6.07) is 0. The highest BCUT2D eigenvalue weighted by molar-refractivity contribution is 5.76. The van der Waals surface area contributed by atoms with Gasteiger partial charge in [-0.1, -0.05) is 0 Å². The van der Waals surface area contributed by atoms with Crippen LogP contribution in [0.4, 0.5) is 0 Å². The smallest absolute Gasteiger partial charge is 0.312 e. The van der Waals surface area contributed by atoms with Gasteiger partial charge in [0.2, 0.25) is 0 Å². The second-order valence-corrected chi connectivity index (χ2v) is 5.43. The number of hydrogen-bond donors (Lipinski definition) is 0. The summed E-state index contributed by atoms with van der Waals surface area (Å²) in [6.45, 7) is 4.57. The van der Waals surface area contributed by atoms with E-state index < -0.39 is 5.41 Å². The lowest BCUT2D eigenvalue weighted by Gasteiger charge is -2.25. The van der Waals surface area contributed by atoms with Crippen molar-refractivity contribution in [2.45, 2.75) is 38.1 Å². The molecule has 5 nitrogen and oxygen atoms in total. The monoisotopic (exact) mass is 242 g/mol. The molecule has 5 heteroatoms. The zero-order valence-corrected chi connectivity index (χ0v) is 10.0. The average molecular weight is 242 g/mol. The Labute approximate surface area is 100 Å². The van der Waals surface area contributed by atoms with Crippen LogP contribution in [0, 0.1) is 5.41 Å². The van der Waals surface area contributed by atoms with Gasteiger partial charge in [0, 0.05) is 0 Å². The summed E-state index contributed by atoms with van der Waals surface area (Å²) in [5.74, 6) is -0.140. The molecule has 0 saturated carbocycles. The topological polar surface area (TPSA) is 63.9 Å². The number of ether oxygens (including phenoxy) is 4. The van der Waals surface area contributed by atoms with Crippen molar-refractivity contribution in [1.82, 2.24) is 0 Å². The van der Waals surface area contributed by atoms with E-state index in [4.69, 9.17) is 18.9 Å². The van der Waals surface area contributed by atoms with Crippen molar-refractivity contribution in [1.29, 1.82) is 0 Å². The SMILES string of the molecule is CC(CC1CO1)(CC1CO1)C(=O)OCC1CO1. The van der Waals surface area contributed by atoms with E-state index in [2.05, 4.69) is 0 Å². The predicted molar refractivity (Wildman–Crippen MR) is 57.5 cm³/mol. The van der Waals surface area contributed by atoms with Crippen LogP contribution in [0.3, 0.4) is 0 Å². The summed E-state index contributed by atoms with van der Waals surface area (Å²) in [5, 5.41) is 0. The molecule has 0 aliphatic carbocycles. The summed E-state index contributed by atoms with van der Waals surface area (Å²) >= 11 is 0. The summed E-state index contributed by atoms with van der Waals surface area (Å²) in [4.78, 5) is 12.1. The maximum absolute atomic E-state index is 12.1. The van der Waals surface area contributed by atoms with E-state index >= 15 is 0 Å². The van der Waals surface area contributed by atoms with Crippen LogP contribution in [0.5, 0.6) is 0 Å². The largest absolute Gasteiger partial charge is 0.462 e. The van der Waals surface area contributed by atoms with Crippen LogP contribution >= 0.6 is 0 Å². The lowest BCUT2D eigenvalue weighted by atomic mass is 9.81. The van der Waals surface area contributed by atoms with Gasteiger partial charge in [-0.25, -0.2) is 0 Å². The molecular formula is C12H18O5. The third kappa shape index (κ3) is 3.18. The molecule has 3 aliphatic rings. The van der Waals surface area contributed by atoms with Gasteiger partial charge in [0.1, 0.15) is 12.7 Å².